The third kappa shape index (κ3) is 3.81. The Labute approximate surface area is 153 Å². The van der Waals surface area contributed by atoms with E-state index in [1.165, 1.54) is 32.4 Å². The molecule has 0 aliphatic carbocycles. The zero-order valence-corrected chi connectivity index (χ0v) is 15.5. The predicted molar refractivity (Wildman–Crippen MR) is 100 cm³/mol. The Bertz CT molecular complexity index is 712. The third-order valence-electron chi connectivity index (χ3n) is 4.99. The Kier molecular flexibility index (Phi) is 5.20. The summed E-state index contributed by atoms with van der Waals surface area (Å²) in [5.74, 6) is 1.62. The van der Waals surface area contributed by atoms with Crippen LogP contribution in [0.15, 0.2) is 23.6 Å². The Morgan fingerprint density at radius 3 is 2.92 bits per heavy atom. The zero-order valence-electron chi connectivity index (χ0n) is 14.7. The predicted octanol–water partition coefficient (Wildman–Crippen LogP) is 3.50. The van der Waals surface area contributed by atoms with Crippen molar-refractivity contribution in [2.45, 2.75) is 38.8 Å². The molecule has 1 atom stereocenters. The molecular weight excluding hydrogens is 334 g/mol. The van der Waals surface area contributed by atoms with E-state index in [1.807, 2.05) is 18.2 Å². The van der Waals surface area contributed by atoms with Crippen molar-refractivity contribution in [2.75, 3.05) is 26.4 Å². The van der Waals surface area contributed by atoms with Crippen molar-refractivity contribution in [1.82, 2.24) is 15.2 Å². The Hall–Kier alpha value is -1.63. The summed E-state index contributed by atoms with van der Waals surface area (Å²) in [5.41, 5.74) is 2.19. The first kappa shape index (κ1) is 16.8. The van der Waals surface area contributed by atoms with Crippen LogP contribution in [-0.4, -0.2) is 42.4 Å². The van der Waals surface area contributed by atoms with Crippen LogP contribution in [0, 0.1) is 0 Å². The maximum atomic E-state index is 5.46. The normalized spacial score (nSPS) is 18.0. The molecule has 134 valence electrons. The van der Waals surface area contributed by atoms with Gasteiger partial charge >= 0.3 is 0 Å². The van der Waals surface area contributed by atoms with Gasteiger partial charge in [-0.05, 0) is 50.6 Å². The summed E-state index contributed by atoms with van der Waals surface area (Å²) in [6, 6.07) is 6.66. The van der Waals surface area contributed by atoms with E-state index in [-0.39, 0.29) is 0 Å². The molecule has 1 N–H and O–H groups in total. The number of ether oxygens (including phenoxy) is 2. The minimum absolute atomic E-state index is 0.307. The van der Waals surface area contributed by atoms with Crippen molar-refractivity contribution in [3.05, 3.63) is 29.3 Å². The van der Waals surface area contributed by atoms with Crippen LogP contribution in [0.3, 0.4) is 0 Å². The third-order valence-corrected chi connectivity index (χ3v) is 5.93. The first-order chi connectivity index (χ1) is 12.3. The Morgan fingerprint density at radius 2 is 2.08 bits per heavy atom. The lowest BCUT2D eigenvalue weighted by Crippen LogP contribution is -2.40. The van der Waals surface area contributed by atoms with E-state index in [1.54, 1.807) is 11.3 Å². The SMILES string of the molecule is CCC(CNCc1csc(-c2ccc3c(c2)OCO3)n1)N1CCCC1. The first-order valence-corrected chi connectivity index (χ1v) is 10.0. The lowest BCUT2D eigenvalue weighted by atomic mass is 10.2. The lowest BCUT2D eigenvalue weighted by Gasteiger charge is -2.26. The molecule has 1 aromatic heterocycles. The summed E-state index contributed by atoms with van der Waals surface area (Å²) in [5, 5.41) is 6.77. The Balaban J connectivity index is 1.33. The molecule has 0 saturated carbocycles. The molecule has 4 rings (SSSR count). The van der Waals surface area contributed by atoms with Gasteiger partial charge in [-0.1, -0.05) is 6.92 Å². The molecule has 2 aliphatic heterocycles. The summed E-state index contributed by atoms with van der Waals surface area (Å²) in [7, 11) is 0. The zero-order chi connectivity index (χ0) is 17.1. The summed E-state index contributed by atoms with van der Waals surface area (Å²) >= 11 is 1.68. The fourth-order valence-corrected chi connectivity index (χ4v) is 4.37. The standard InChI is InChI=1S/C19H25N3O2S/c1-2-16(22-7-3-4-8-22)11-20-10-15-12-25-19(21-15)14-5-6-17-18(9-14)24-13-23-17/h5-6,9,12,16,20H,2-4,7-8,10-11,13H2,1H3. The highest BCUT2D eigenvalue weighted by molar-refractivity contribution is 7.13. The highest BCUT2D eigenvalue weighted by atomic mass is 32.1. The van der Waals surface area contributed by atoms with Crippen molar-refractivity contribution in [3.63, 3.8) is 0 Å². The van der Waals surface area contributed by atoms with Gasteiger partial charge in [0, 0.05) is 30.1 Å². The molecule has 25 heavy (non-hydrogen) atoms. The fourth-order valence-electron chi connectivity index (χ4n) is 3.56. The summed E-state index contributed by atoms with van der Waals surface area (Å²) in [6.45, 7) is 6.96. The number of thiazole rings is 1. The number of nitrogens with one attached hydrogen (secondary N) is 1. The lowest BCUT2D eigenvalue weighted by molar-refractivity contribution is 0.174. The molecule has 1 unspecified atom stereocenters. The average molecular weight is 359 g/mol. The number of benzene rings is 1. The molecule has 3 heterocycles. The monoisotopic (exact) mass is 359 g/mol. The summed E-state index contributed by atoms with van der Waals surface area (Å²) < 4.78 is 10.8. The van der Waals surface area contributed by atoms with Crippen LogP contribution in [0.2, 0.25) is 0 Å². The molecule has 2 aliphatic rings. The first-order valence-electron chi connectivity index (χ1n) is 9.12. The summed E-state index contributed by atoms with van der Waals surface area (Å²) in [4.78, 5) is 7.39. The molecule has 1 fully saturated rings. The van der Waals surface area contributed by atoms with Crippen molar-refractivity contribution < 1.29 is 9.47 Å². The minimum atomic E-state index is 0.307. The Morgan fingerprint density at radius 1 is 1.24 bits per heavy atom. The van der Waals surface area contributed by atoms with Gasteiger partial charge in [-0.3, -0.25) is 4.90 Å². The highest BCUT2D eigenvalue weighted by Gasteiger charge is 2.20. The largest absolute Gasteiger partial charge is 0.454 e. The molecule has 5 nitrogen and oxygen atoms in total. The second-order valence-electron chi connectivity index (χ2n) is 6.65. The van der Waals surface area contributed by atoms with Gasteiger partial charge in [0.25, 0.3) is 0 Å². The van der Waals surface area contributed by atoms with Crippen LogP contribution >= 0.6 is 11.3 Å². The number of rotatable bonds is 7. The van der Waals surface area contributed by atoms with Gasteiger partial charge in [-0.2, -0.15) is 0 Å². The van der Waals surface area contributed by atoms with E-state index in [4.69, 9.17) is 14.5 Å². The molecule has 0 bridgehead atoms. The quantitative estimate of drug-likeness (QED) is 0.820. The maximum Gasteiger partial charge on any atom is 0.231 e. The van der Waals surface area contributed by atoms with E-state index in [0.717, 1.165) is 40.9 Å². The molecule has 0 spiro atoms. The molecule has 2 aromatic rings. The van der Waals surface area contributed by atoms with Gasteiger partial charge in [0.1, 0.15) is 5.01 Å². The molecule has 1 saturated heterocycles. The molecule has 0 radical (unpaired) electrons. The van der Waals surface area contributed by atoms with E-state index >= 15 is 0 Å². The topological polar surface area (TPSA) is 46.6 Å². The van der Waals surface area contributed by atoms with Crippen LogP contribution in [0.4, 0.5) is 0 Å². The van der Waals surface area contributed by atoms with Crippen LogP contribution in [0.1, 0.15) is 31.9 Å². The second-order valence-corrected chi connectivity index (χ2v) is 7.51. The van der Waals surface area contributed by atoms with Crippen LogP contribution in [0.25, 0.3) is 10.6 Å². The average Bonchev–Trinajstić information content (AvgIpc) is 3.39. The number of aromatic nitrogens is 1. The highest BCUT2D eigenvalue weighted by Crippen LogP contribution is 2.36. The number of likely N-dealkylation sites (tertiary alicyclic amines) is 1. The van der Waals surface area contributed by atoms with Gasteiger partial charge in [-0.25, -0.2) is 4.98 Å². The minimum Gasteiger partial charge on any atom is -0.454 e. The van der Waals surface area contributed by atoms with Crippen molar-refractivity contribution >= 4 is 11.3 Å². The number of nitrogens with zero attached hydrogens (tertiary/aromatic N) is 2. The van der Waals surface area contributed by atoms with E-state index in [0.29, 0.717) is 12.8 Å². The smallest absolute Gasteiger partial charge is 0.231 e. The van der Waals surface area contributed by atoms with Crippen molar-refractivity contribution in [1.29, 1.82) is 0 Å². The molecule has 1 aromatic carbocycles. The van der Waals surface area contributed by atoms with Gasteiger partial charge in [-0.15, -0.1) is 11.3 Å². The fraction of sp³-hybridized carbons (Fsp3) is 0.526. The molecular formula is C19H25N3O2S. The molecule has 0 amide bonds. The van der Waals surface area contributed by atoms with Gasteiger partial charge in [0.05, 0.1) is 5.69 Å². The van der Waals surface area contributed by atoms with Crippen LogP contribution in [-0.2, 0) is 6.54 Å². The van der Waals surface area contributed by atoms with Crippen LogP contribution < -0.4 is 14.8 Å². The van der Waals surface area contributed by atoms with E-state index in [2.05, 4.69) is 22.5 Å². The van der Waals surface area contributed by atoms with Gasteiger partial charge in [0.2, 0.25) is 6.79 Å². The van der Waals surface area contributed by atoms with Crippen molar-refractivity contribution in [2.24, 2.45) is 0 Å². The van der Waals surface area contributed by atoms with Crippen molar-refractivity contribution in [3.8, 4) is 22.1 Å². The van der Waals surface area contributed by atoms with Gasteiger partial charge in [0.15, 0.2) is 11.5 Å². The van der Waals surface area contributed by atoms with Gasteiger partial charge < -0.3 is 14.8 Å². The summed E-state index contributed by atoms with van der Waals surface area (Å²) in [6.07, 6.45) is 3.90. The number of hydrogen-bond donors (Lipinski definition) is 1. The maximum absolute atomic E-state index is 5.46. The molecule has 6 heteroatoms. The van der Waals surface area contributed by atoms with E-state index < -0.39 is 0 Å². The number of hydrogen-bond acceptors (Lipinski definition) is 6. The number of fused-ring (bicyclic) bond motifs is 1. The second kappa shape index (κ2) is 7.72. The van der Waals surface area contributed by atoms with E-state index in [9.17, 15) is 0 Å². The van der Waals surface area contributed by atoms with Crippen LogP contribution in [0.5, 0.6) is 11.5 Å².